The molecule has 1 heterocycles. The fraction of sp³-hybridized carbons (Fsp3) is 0.500. The number of carbonyl (C=O) groups excluding carboxylic acids is 1. The minimum absolute atomic E-state index is 0.0810. The first-order chi connectivity index (χ1) is 4.36. The summed E-state index contributed by atoms with van der Waals surface area (Å²) in [5.41, 5.74) is 0. The van der Waals surface area contributed by atoms with Gasteiger partial charge in [-0.1, -0.05) is 12.2 Å². The lowest BCUT2D eigenvalue weighted by Gasteiger charge is -2.02. The van der Waals surface area contributed by atoms with Gasteiger partial charge in [-0.15, -0.1) is 0 Å². The Balaban J connectivity index is 2.17. The van der Waals surface area contributed by atoms with E-state index in [4.69, 9.17) is 4.74 Å². The minimum Gasteiger partial charge on any atom is -0.443 e. The van der Waals surface area contributed by atoms with Crippen LogP contribution in [0.1, 0.15) is 6.42 Å². The van der Waals surface area contributed by atoms with E-state index in [1.807, 2.05) is 12.2 Å². The van der Waals surface area contributed by atoms with Gasteiger partial charge in [0.15, 0.2) is 0 Å². The van der Waals surface area contributed by atoms with Crippen LogP contribution in [0, 0.1) is 0 Å². The van der Waals surface area contributed by atoms with Crippen molar-refractivity contribution in [2.75, 3.05) is 0 Å². The number of ether oxygens (including phenoxy) is 1. The molecule has 0 aromatic heterocycles. The van der Waals surface area contributed by atoms with Gasteiger partial charge < -0.3 is 10.1 Å². The smallest absolute Gasteiger partial charge is 0.408 e. The zero-order valence-electron chi connectivity index (χ0n) is 4.83. The molecule has 1 N–H and O–H groups in total. The molecule has 0 aromatic rings. The van der Waals surface area contributed by atoms with E-state index in [9.17, 15) is 4.79 Å². The summed E-state index contributed by atoms with van der Waals surface area (Å²) in [6.45, 7) is 0. The number of fused-ring (bicyclic) bond motifs is 1. The van der Waals surface area contributed by atoms with E-state index in [1.165, 1.54) is 0 Å². The molecule has 0 saturated carbocycles. The van der Waals surface area contributed by atoms with Crippen LogP contribution in [0.4, 0.5) is 4.79 Å². The predicted octanol–water partition coefficient (Wildman–Crippen LogP) is 0.423. The normalized spacial score (nSPS) is 38.0. The van der Waals surface area contributed by atoms with Crippen molar-refractivity contribution in [3.63, 3.8) is 0 Å². The van der Waals surface area contributed by atoms with E-state index < -0.39 is 0 Å². The lowest BCUT2D eigenvalue weighted by Crippen LogP contribution is -2.25. The summed E-state index contributed by atoms with van der Waals surface area (Å²) in [6.07, 6.45) is 4.65. The molecular weight excluding hydrogens is 118 g/mol. The van der Waals surface area contributed by atoms with E-state index in [2.05, 4.69) is 5.32 Å². The highest BCUT2D eigenvalue weighted by Crippen LogP contribution is 2.19. The minimum atomic E-state index is -0.283. The van der Waals surface area contributed by atoms with Crippen LogP contribution in [0.15, 0.2) is 12.2 Å². The Morgan fingerprint density at radius 2 is 2.67 bits per heavy atom. The Kier molecular flexibility index (Phi) is 0.806. The second-order valence-electron chi connectivity index (χ2n) is 2.28. The standard InChI is InChI=1S/C6H7NO2/c8-6-7-4-2-1-3-5(4)9-6/h1-2,4-5H,3H2,(H,7,8)/t4-,5+/m0/s1. The van der Waals surface area contributed by atoms with Crippen molar-refractivity contribution < 1.29 is 9.53 Å². The Hall–Kier alpha value is -0.990. The van der Waals surface area contributed by atoms with Crippen LogP contribution >= 0.6 is 0 Å². The van der Waals surface area contributed by atoms with Gasteiger partial charge in [-0.2, -0.15) is 0 Å². The number of carbonyl (C=O) groups is 1. The van der Waals surface area contributed by atoms with E-state index in [0.717, 1.165) is 6.42 Å². The van der Waals surface area contributed by atoms with Gasteiger partial charge in [0.25, 0.3) is 0 Å². The molecule has 0 spiro atoms. The molecule has 1 amide bonds. The highest BCUT2D eigenvalue weighted by Gasteiger charge is 2.33. The van der Waals surface area contributed by atoms with Crippen LogP contribution in [0.3, 0.4) is 0 Å². The molecule has 0 aromatic carbocycles. The Labute approximate surface area is 52.7 Å². The number of rotatable bonds is 0. The van der Waals surface area contributed by atoms with Gasteiger partial charge in [-0.05, 0) is 0 Å². The number of hydrogen-bond donors (Lipinski definition) is 1. The molecule has 1 aliphatic heterocycles. The molecule has 1 fully saturated rings. The lowest BCUT2D eigenvalue weighted by atomic mass is 10.2. The maximum atomic E-state index is 10.5. The molecule has 3 nitrogen and oxygen atoms in total. The maximum Gasteiger partial charge on any atom is 0.408 e. The molecule has 1 saturated heterocycles. The van der Waals surface area contributed by atoms with Gasteiger partial charge in [0.2, 0.25) is 0 Å². The summed E-state index contributed by atoms with van der Waals surface area (Å²) in [7, 11) is 0. The first-order valence-electron chi connectivity index (χ1n) is 3.00. The van der Waals surface area contributed by atoms with Gasteiger partial charge in [0.1, 0.15) is 6.10 Å². The topological polar surface area (TPSA) is 38.3 Å². The molecule has 0 unspecified atom stereocenters. The molecular formula is C6H7NO2. The Morgan fingerprint density at radius 1 is 1.78 bits per heavy atom. The molecule has 48 valence electrons. The van der Waals surface area contributed by atoms with Crippen LogP contribution in [0.5, 0.6) is 0 Å². The Morgan fingerprint density at radius 3 is 3.44 bits per heavy atom. The van der Waals surface area contributed by atoms with E-state index >= 15 is 0 Å². The molecule has 1 aliphatic carbocycles. The molecule has 0 bridgehead atoms. The largest absolute Gasteiger partial charge is 0.443 e. The van der Waals surface area contributed by atoms with E-state index in [0.29, 0.717) is 0 Å². The van der Waals surface area contributed by atoms with Crippen molar-refractivity contribution >= 4 is 6.09 Å². The van der Waals surface area contributed by atoms with Crippen LogP contribution in [0.2, 0.25) is 0 Å². The monoisotopic (exact) mass is 125 g/mol. The van der Waals surface area contributed by atoms with Crippen LogP contribution in [-0.2, 0) is 4.74 Å². The SMILES string of the molecule is O=C1N[C@H]2C=CC[C@H]2O1. The number of amides is 1. The lowest BCUT2D eigenvalue weighted by molar-refractivity contribution is 0.140. The maximum absolute atomic E-state index is 10.5. The molecule has 0 radical (unpaired) electrons. The number of hydrogen-bond acceptors (Lipinski definition) is 2. The van der Waals surface area contributed by atoms with Crippen molar-refractivity contribution in [3.8, 4) is 0 Å². The third-order valence-electron chi connectivity index (χ3n) is 1.66. The second-order valence-corrected chi connectivity index (χ2v) is 2.28. The summed E-state index contributed by atoms with van der Waals surface area (Å²) >= 11 is 0. The van der Waals surface area contributed by atoms with E-state index in [1.54, 1.807) is 0 Å². The molecule has 3 heteroatoms. The molecule has 2 rings (SSSR count). The number of alkyl carbamates (subject to hydrolysis) is 1. The average molecular weight is 125 g/mol. The van der Waals surface area contributed by atoms with E-state index in [-0.39, 0.29) is 18.2 Å². The van der Waals surface area contributed by atoms with Crippen LogP contribution in [-0.4, -0.2) is 18.2 Å². The van der Waals surface area contributed by atoms with Gasteiger partial charge >= 0.3 is 6.09 Å². The zero-order valence-corrected chi connectivity index (χ0v) is 4.83. The fourth-order valence-corrected chi connectivity index (χ4v) is 1.20. The summed E-state index contributed by atoms with van der Waals surface area (Å²) in [5, 5.41) is 2.67. The summed E-state index contributed by atoms with van der Waals surface area (Å²) in [5.74, 6) is 0. The highest BCUT2D eigenvalue weighted by atomic mass is 16.6. The van der Waals surface area contributed by atoms with Gasteiger partial charge in [-0.25, -0.2) is 4.79 Å². The number of nitrogens with one attached hydrogen (secondary N) is 1. The predicted molar refractivity (Wildman–Crippen MR) is 30.9 cm³/mol. The third-order valence-corrected chi connectivity index (χ3v) is 1.66. The van der Waals surface area contributed by atoms with Crippen molar-refractivity contribution in [2.24, 2.45) is 0 Å². The van der Waals surface area contributed by atoms with Crippen molar-refractivity contribution in [1.82, 2.24) is 5.32 Å². The first-order valence-corrected chi connectivity index (χ1v) is 3.00. The second kappa shape index (κ2) is 1.50. The van der Waals surface area contributed by atoms with Crippen molar-refractivity contribution in [1.29, 1.82) is 0 Å². The summed E-state index contributed by atoms with van der Waals surface area (Å²) in [6, 6.07) is 0.150. The molecule has 9 heavy (non-hydrogen) atoms. The summed E-state index contributed by atoms with van der Waals surface area (Å²) in [4.78, 5) is 10.5. The van der Waals surface area contributed by atoms with Crippen molar-refractivity contribution in [2.45, 2.75) is 18.6 Å². The zero-order chi connectivity index (χ0) is 6.27. The van der Waals surface area contributed by atoms with Gasteiger partial charge in [-0.3, -0.25) is 0 Å². The molecule has 2 aliphatic rings. The highest BCUT2D eigenvalue weighted by molar-refractivity contribution is 5.71. The third kappa shape index (κ3) is 0.608. The Bertz CT molecular complexity index is 176. The van der Waals surface area contributed by atoms with Crippen molar-refractivity contribution in [3.05, 3.63) is 12.2 Å². The average Bonchev–Trinajstić information content (AvgIpc) is 2.22. The quantitative estimate of drug-likeness (QED) is 0.476. The molecule has 2 atom stereocenters. The van der Waals surface area contributed by atoms with Gasteiger partial charge in [0, 0.05) is 6.42 Å². The first kappa shape index (κ1) is 4.85. The fourth-order valence-electron chi connectivity index (χ4n) is 1.20. The van der Waals surface area contributed by atoms with Crippen LogP contribution in [0.25, 0.3) is 0 Å². The van der Waals surface area contributed by atoms with Gasteiger partial charge in [0.05, 0.1) is 6.04 Å². The van der Waals surface area contributed by atoms with Crippen LogP contribution < -0.4 is 5.32 Å². The summed E-state index contributed by atoms with van der Waals surface area (Å²) < 4.78 is 4.87.